The topological polar surface area (TPSA) is 58.2 Å². The minimum Gasteiger partial charge on any atom is -0.353 e. The minimum absolute atomic E-state index is 0.0598. The van der Waals surface area contributed by atoms with Crippen molar-refractivity contribution in [2.75, 3.05) is 0 Å². The van der Waals surface area contributed by atoms with Crippen molar-refractivity contribution >= 4 is 11.8 Å². The van der Waals surface area contributed by atoms with Crippen LogP contribution in [0, 0.1) is 34.5 Å². The molecule has 2 aromatic rings. The van der Waals surface area contributed by atoms with Crippen molar-refractivity contribution < 1.29 is 9.59 Å². The standard InChI is InChI=1S/C32H40N2O2/c1-31-19-17-25-23(13-16-27-32(25,2)20-18-28(35)33-27)24(31)14-15-26(31)30(36)34-29(21-9-5-3-6-10-21)22-11-7-4-8-12-22/h3-12,23-27,29H,13-20H2,1-2H3,(H,33,35)(H,34,36)/t23-,24-,25-,26+,27+,31-,32+/m0/s1. The molecular formula is C32H40N2O2. The number of carbonyl (C=O) groups is 2. The van der Waals surface area contributed by atoms with Crippen LogP contribution in [0.25, 0.3) is 0 Å². The Morgan fingerprint density at radius 3 is 2.14 bits per heavy atom. The first-order valence-electron chi connectivity index (χ1n) is 14.1. The molecule has 36 heavy (non-hydrogen) atoms. The third kappa shape index (κ3) is 3.79. The third-order valence-electron chi connectivity index (χ3n) is 11.0. The van der Waals surface area contributed by atoms with Gasteiger partial charge in [-0.3, -0.25) is 9.59 Å². The summed E-state index contributed by atoms with van der Waals surface area (Å²) in [6.45, 7) is 4.86. The van der Waals surface area contributed by atoms with Gasteiger partial charge in [-0.15, -0.1) is 0 Å². The summed E-state index contributed by atoms with van der Waals surface area (Å²) in [5.74, 6) is 2.47. The monoisotopic (exact) mass is 484 g/mol. The highest BCUT2D eigenvalue weighted by Crippen LogP contribution is 2.65. The van der Waals surface area contributed by atoms with Gasteiger partial charge in [-0.25, -0.2) is 0 Å². The summed E-state index contributed by atoms with van der Waals surface area (Å²) in [5, 5.41) is 6.83. The summed E-state index contributed by atoms with van der Waals surface area (Å²) in [6, 6.07) is 20.9. The fraction of sp³-hybridized carbons (Fsp3) is 0.562. The van der Waals surface area contributed by atoms with E-state index in [0.29, 0.717) is 30.2 Å². The maximum atomic E-state index is 14.0. The summed E-state index contributed by atoms with van der Waals surface area (Å²) in [7, 11) is 0. The van der Waals surface area contributed by atoms with Gasteiger partial charge in [0.25, 0.3) is 0 Å². The van der Waals surface area contributed by atoms with E-state index in [1.807, 2.05) is 12.1 Å². The van der Waals surface area contributed by atoms with E-state index < -0.39 is 0 Å². The lowest BCUT2D eigenvalue weighted by molar-refractivity contribution is -0.141. The lowest BCUT2D eigenvalue weighted by atomic mass is 9.47. The molecule has 0 aromatic heterocycles. The second-order valence-electron chi connectivity index (χ2n) is 12.5. The highest BCUT2D eigenvalue weighted by molar-refractivity contribution is 5.81. The summed E-state index contributed by atoms with van der Waals surface area (Å²) >= 11 is 0. The molecule has 4 aliphatic rings. The Kier molecular flexibility index (Phi) is 5.97. The van der Waals surface area contributed by atoms with Crippen molar-refractivity contribution in [3.05, 3.63) is 71.8 Å². The zero-order chi connectivity index (χ0) is 24.9. The van der Waals surface area contributed by atoms with Gasteiger partial charge in [-0.05, 0) is 84.7 Å². The van der Waals surface area contributed by atoms with E-state index >= 15 is 0 Å². The van der Waals surface area contributed by atoms with E-state index in [9.17, 15) is 9.59 Å². The van der Waals surface area contributed by atoms with Crippen LogP contribution >= 0.6 is 0 Å². The molecule has 7 atom stereocenters. The Hall–Kier alpha value is -2.62. The molecule has 0 unspecified atom stereocenters. The van der Waals surface area contributed by atoms with Gasteiger partial charge in [0.15, 0.2) is 0 Å². The van der Waals surface area contributed by atoms with Crippen molar-refractivity contribution in [3.63, 3.8) is 0 Å². The predicted molar refractivity (Wildman–Crippen MR) is 142 cm³/mol. The van der Waals surface area contributed by atoms with Crippen LogP contribution in [0.1, 0.15) is 82.4 Å². The van der Waals surface area contributed by atoms with Gasteiger partial charge in [-0.2, -0.15) is 0 Å². The molecule has 2 aromatic carbocycles. The third-order valence-corrected chi connectivity index (χ3v) is 11.0. The van der Waals surface area contributed by atoms with Gasteiger partial charge >= 0.3 is 0 Å². The fourth-order valence-corrected chi connectivity index (χ4v) is 9.03. The van der Waals surface area contributed by atoms with Crippen molar-refractivity contribution in [2.24, 2.45) is 34.5 Å². The van der Waals surface area contributed by atoms with Gasteiger partial charge in [0.2, 0.25) is 11.8 Å². The molecule has 1 saturated heterocycles. The number of fused-ring (bicyclic) bond motifs is 5. The Morgan fingerprint density at radius 2 is 1.47 bits per heavy atom. The maximum absolute atomic E-state index is 14.0. The van der Waals surface area contributed by atoms with E-state index in [4.69, 9.17) is 0 Å². The number of amides is 2. The number of carbonyl (C=O) groups excluding carboxylic acids is 2. The summed E-state index contributed by atoms with van der Waals surface area (Å²) in [6.07, 6.45) is 8.43. The van der Waals surface area contributed by atoms with Crippen molar-refractivity contribution in [1.82, 2.24) is 10.6 Å². The van der Waals surface area contributed by atoms with Crippen molar-refractivity contribution in [1.29, 1.82) is 0 Å². The smallest absolute Gasteiger partial charge is 0.224 e. The van der Waals surface area contributed by atoms with Crippen LogP contribution in [0.4, 0.5) is 0 Å². The van der Waals surface area contributed by atoms with Crippen LogP contribution in [-0.4, -0.2) is 17.9 Å². The lowest BCUT2D eigenvalue weighted by Gasteiger charge is -2.60. The Bertz CT molecular complexity index is 1080. The second-order valence-corrected chi connectivity index (χ2v) is 12.5. The molecular weight excluding hydrogens is 444 g/mol. The first kappa shape index (κ1) is 23.8. The van der Waals surface area contributed by atoms with Crippen LogP contribution < -0.4 is 10.6 Å². The molecule has 3 saturated carbocycles. The Labute approximate surface area is 215 Å². The number of benzene rings is 2. The molecule has 4 fully saturated rings. The van der Waals surface area contributed by atoms with E-state index in [2.05, 4.69) is 73.0 Å². The Balaban J connectivity index is 1.23. The molecule has 0 spiro atoms. The first-order valence-corrected chi connectivity index (χ1v) is 14.1. The number of hydrogen-bond donors (Lipinski definition) is 2. The van der Waals surface area contributed by atoms with Gasteiger partial charge < -0.3 is 10.6 Å². The van der Waals surface area contributed by atoms with Crippen LogP contribution in [0.15, 0.2) is 60.7 Å². The molecule has 6 rings (SSSR count). The number of nitrogens with one attached hydrogen (secondary N) is 2. The van der Waals surface area contributed by atoms with Gasteiger partial charge in [-0.1, -0.05) is 74.5 Å². The highest BCUT2D eigenvalue weighted by Gasteiger charge is 2.61. The van der Waals surface area contributed by atoms with Crippen molar-refractivity contribution in [2.45, 2.75) is 77.3 Å². The summed E-state index contributed by atoms with van der Waals surface area (Å²) < 4.78 is 0. The maximum Gasteiger partial charge on any atom is 0.224 e. The molecule has 2 amide bonds. The zero-order valence-corrected chi connectivity index (χ0v) is 21.7. The average molecular weight is 485 g/mol. The summed E-state index contributed by atoms with van der Waals surface area (Å²) in [4.78, 5) is 26.1. The van der Waals surface area contributed by atoms with E-state index in [-0.39, 0.29) is 34.6 Å². The normalized spacial score (nSPS) is 37.4. The van der Waals surface area contributed by atoms with Crippen LogP contribution in [0.5, 0.6) is 0 Å². The van der Waals surface area contributed by atoms with Gasteiger partial charge in [0.05, 0.1) is 6.04 Å². The number of hydrogen-bond acceptors (Lipinski definition) is 2. The lowest BCUT2D eigenvalue weighted by Crippen LogP contribution is -2.61. The van der Waals surface area contributed by atoms with E-state index in [0.717, 1.165) is 43.2 Å². The molecule has 190 valence electrons. The van der Waals surface area contributed by atoms with Gasteiger partial charge in [0.1, 0.15) is 0 Å². The molecule has 1 heterocycles. The van der Waals surface area contributed by atoms with Crippen molar-refractivity contribution in [3.8, 4) is 0 Å². The number of rotatable bonds is 4. The molecule has 4 nitrogen and oxygen atoms in total. The number of piperidine rings is 1. The van der Waals surface area contributed by atoms with E-state index in [1.54, 1.807) is 0 Å². The van der Waals surface area contributed by atoms with E-state index in [1.165, 1.54) is 12.8 Å². The van der Waals surface area contributed by atoms with Crippen LogP contribution in [-0.2, 0) is 9.59 Å². The molecule has 3 aliphatic carbocycles. The van der Waals surface area contributed by atoms with Crippen LogP contribution in [0.3, 0.4) is 0 Å². The quantitative estimate of drug-likeness (QED) is 0.557. The Morgan fingerprint density at radius 1 is 0.833 bits per heavy atom. The largest absolute Gasteiger partial charge is 0.353 e. The minimum atomic E-state index is -0.126. The highest BCUT2D eigenvalue weighted by atomic mass is 16.2. The molecule has 1 aliphatic heterocycles. The fourth-order valence-electron chi connectivity index (χ4n) is 9.03. The summed E-state index contributed by atoms with van der Waals surface area (Å²) in [5.41, 5.74) is 2.53. The zero-order valence-electron chi connectivity index (χ0n) is 21.7. The predicted octanol–water partition coefficient (Wildman–Crippen LogP) is 6.03. The molecule has 0 bridgehead atoms. The second kappa shape index (κ2) is 9.04. The molecule has 2 N–H and O–H groups in total. The first-order chi connectivity index (χ1) is 17.4. The molecule has 4 heteroatoms. The van der Waals surface area contributed by atoms with Crippen LogP contribution in [0.2, 0.25) is 0 Å². The van der Waals surface area contributed by atoms with Gasteiger partial charge in [0, 0.05) is 18.4 Å². The SMILES string of the molecule is C[C@]12CCC(=O)N[C@@H]1CC[C@@H]1[C@@H]2CC[C@]2(C)[C@@H](C(=O)NC(c3ccccc3)c3ccccc3)CC[C@@H]12. The molecule has 0 radical (unpaired) electrons. The average Bonchev–Trinajstić information content (AvgIpc) is 3.26.